The molecule has 0 bridgehead atoms. The second kappa shape index (κ2) is 5.26. The number of carbonyl (C=O) groups is 1. The molecule has 1 aliphatic carbocycles. The Hall–Kier alpha value is -1.26. The molecule has 106 valence electrons. The van der Waals surface area contributed by atoms with Gasteiger partial charge >= 0.3 is 0 Å². The van der Waals surface area contributed by atoms with Gasteiger partial charge in [-0.25, -0.2) is 0 Å². The van der Waals surface area contributed by atoms with Crippen LogP contribution < -0.4 is 5.73 Å². The summed E-state index contributed by atoms with van der Waals surface area (Å²) in [6.07, 6.45) is 4.59. The highest BCUT2D eigenvalue weighted by Gasteiger charge is 2.27. The molecule has 0 atom stereocenters. The van der Waals surface area contributed by atoms with E-state index < -0.39 is 0 Å². The number of benzene rings is 1. The Balaban J connectivity index is 1.99. The zero-order chi connectivity index (χ0) is 14.3. The van der Waals surface area contributed by atoms with Crippen LogP contribution in [0.5, 0.6) is 0 Å². The van der Waals surface area contributed by atoms with Crippen LogP contribution >= 0.6 is 22.9 Å². The summed E-state index contributed by atoms with van der Waals surface area (Å²) in [5, 5.41) is 1.42. The Labute approximate surface area is 127 Å². The molecule has 2 aromatic rings. The fourth-order valence-corrected chi connectivity index (χ4v) is 4.37. The molecule has 0 saturated heterocycles. The fourth-order valence-electron chi connectivity index (χ4n) is 2.91. The molecule has 1 saturated carbocycles. The van der Waals surface area contributed by atoms with E-state index in [1.165, 1.54) is 24.2 Å². The maximum Gasteiger partial charge on any atom is 0.266 e. The van der Waals surface area contributed by atoms with Crippen molar-refractivity contribution in [3.05, 3.63) is 28.1 Å². The molecule has 3 rings (SSSR count). The second-order valence-electron chi connectivity index (χ2n) is 5.31. The Morgan fingerprint density at radius 3 is 2.75 bits per heavy atom. The van der Waals surface area contributed by atoms with Crippen molar-refractivity contribution in [1.82, 2.24) is 4.90 Å². The molecule has 2 N–H and O–H groups in total. The Morgan fingerprint density at radius 2 is 2.10 bits per heavy atom. The Bertz CT molecular complexity index is 661. The molecule has 1 aromatic carbocycles. The molecule has 1 aromatic heterocycles. The minimum absolute atomic E-state index is 0.0201. The second-order valence-corrected chi connectivity index (χ2v) is 6.77. The maximum absolute atomic E-state index is 12.6. The maximum atomic E-state index is 12.6. The van der Waals surface area contributed by atoms with Crippen molar-refractivity contribution in [2.24, 2.45) is 0 Å². The minimum Gasteiger partial charge on any atom is -0.397 e. The van der Waals surface area contributed by atoms with E-state index in [2.05, 4.69) is 0 Å². The van der Waals surface area contributed by atoms with Crippen LogP contribution in [-0.4, -0.2) is 23.9 Å². The van der Waals surface area contributed by atoms with Crippen molar-refractivity contribution in [1.29, 1.82) is 0 Å². The summed E-state index contributed by atoms with van der Waals surface area (Å²) < 4.78 is 0.971. The highest BCUT2D eigenvalue weighted by atomic mass is 35.5. The molecule has 5 heteroatoms. The number of nitrogens with zero attached hydrogens (tertiary/aromatic N) is 1. The van der Waals surface area contributed by atoms with Crippen molar-refractivity contribution in [3.63, 3.8) is 0 Å². The van der Waals surface area contributed by atoms with Gasteiger partial charge in [0.1, 0.15) is 4.88 Å². The summed E-state index contributed by atoms with van der Waals surface area (Å²) >= 11 is 7.62. The van der Waals surface area contributed by atoms with Crippen molar-refractivity contribution in [3.8, 4) is 0 Å². The Kier molecular flexibility index (Phi) is 3.61. The van der Waals surface area contributed by atoms with Gasteiger partial charge < -0.3 is 10.6 Å². The third-order valence-electron chi connectivity index (χ3n) is 4.09. The number of amides is 1. The van der Waals surface area contributed by atoms with Crippen LogP contribution in [-0.2, 0) is 0 Å². The van der Waals surface area contributed by atoms with Gasteiger partial charge in [-0.05, 0) is 25.0 Å². The lowest BCUT2D eigenvalue weighted by atomic mass is 10.2. The van der Waals surface area contributed by atoms with Crippen molar-refractivity contribution < 1.29 is 4.79 Å². The first-order valence-corrected chi connectivity index (χ1v) is 8.02. The summed E-state index contributed by atoms with van der Waals surface area (Å²) in [5.41, 5.74) is 6.67. The number of hydrogen-bond donors (Lipinski definition) is 1. The SMILES string of the molecule is CN(C(=O)c1sc2cccc(Cl)c2c1N)C1CCCC1. The molecule has 0 radical (unpaired) electrons. The van der Waals surface area contributed by atoms with E-state index >= 15 is 0 Å². The zero-order valence-electron chi connectivity index (χ0n) is 11.4. The van der Waals surface area contributed by atoms with Gasteiger partial charge in [0.15, 0.2) is 0 Å². The summed E-state index contributed by atoms with van der Waals surface area (Å²) in [5.74, 6) is 0.0201. The molecule has 1 amide bonds. The molecule has 3 nitrogen and oxygen atoms in total. The van der Waals surface area contributed by atoms with Gasteiger partial charge in [-0.1, -0.05) is 30.5 Å². The average Bonchev–Trinajstić information content (AvgIpc) is 3.06. The summed E-state index contributed by atoms with van der Waals surface area (Å²) in [6, 6.07) is 5.99. The van der Waals surface area contributed by atoms with Crippen LogP contribution in [0.15, 0.2) is 18.2 Å². The molecule has 0 spiro atoms. The number of carbonyl (C=O) groups excluding carboxylic acids is 1. The third kappa shape index (κ3) is 2.17. The van der Waals surface area contributed by atoms with Gasteiger partial charge in [-0.15, -0.1) is 11.3 Å². The lowest BCUT2D eigenvalue weighted by Gasteiger charge is -2.23. The minimum atomic E-state index is 0.0201. The van der Waals surface area contributed by atoms with E-state index in [0.29, 0.717) is 21.6 Å². The topological polar surface area (TPSA) is 46.3 Å². The predicted molar refractivity (Wildman–Crippen MR) is 85.6 cm³/mol. The first-order valence-electron chi connectivity index (χ1n) is 6.83. The normalized spacial score (nSPS) is 15.9. The van der Waals surface area contributed by atoms with Gasteiger partial charge in [-0.2, -0.15) is 0 Å². The number of rotatable bonds is 2. The molecule has 1 heterocycles. The largest absolute Gasteiger partial charge is 0.397 e. The number of halogens is 1. The Morgan fingerprint density at radius 1 is 1.40 bits per heavy atom. The molecule has 20 heavy (non-hydrogen) atoms. The summed E-state index contributed by atoms with van der Waals surface area (Å²) in [4.78, 5) is 15.1. The first kappa shape index (κ1) is 13.7. The average molecular weight is 309 g/mol. The number of nitrogens with two attached hydrogens (primary N) is 1. The van der Waals surface area contributed by atoms with E-state index in [4.69, 9.17) is 17.3 Å². The highest BCUT2D eigenvalue weighted by molar-refractivity contribution is 7.21. The van der Waals surface area contributed by atoms with Crippen LogP contribution in [0.3, 0.4) is 0 Å². The van der Waals surface area contributed by atoms with E-state index in [9.17, 15) is 4.79 Å². The first-order chi connectivity index (χ1) is 9.59. The van der Waals surface area contributed by atoms with Gasteiger partial charge in [0, 0.05) is 23.2 Å². The van der Waals surface area contributed by atoms with Gasteiger partial charge in [0.05, 0.1) is 10.7 Å². The quantitative estimate of drug-likeness (QED) is 0.906. The van der Waals surface area contributed by atoms with Crippen LogP contribution in [0.4, 0.5) is 5.69 Å². The van der Waals surface area contributed by atoms with Gasteiger partial charge in [0.2, 0.25) is 0 Å². The van der Waals surface area contributed by atoms with Crippen molar-refractivity contribution in [2.45, 2.75) is 31.7 Å². The number of nitrogen functional groups attached to an aromatic ring is 1. The van der Waals surface area contributed by atoms with Crippen LogP contribution in [0.2, 0.25) is 5.02 Å². The number of hydrogen-bond acceptors (Lipinski definition) is 3. The number of thiophene rings is 1. The third-order valence-corrected chi connectivity index (χ3v) is 5.56. The van der Waals surface area contributed by atoms with E-state index in [-0.39, 0.29) is 5.91 Å². The standard InChI is InChI=1S/C15H17ClN2OS/c1-18(9-5-2-3-6-9)15(19)14-13(17)12-10(16)7-4-8-11(12)20-14/h4,7-9H,2-3,5-6,17H2,1H3. The smallest absolute Gasteiger partial charge is 0.266 e. The lowest BCUT2D eigenvalue weighted by molar-refractivity contribution is 0.0741. The van der Waals surface area contributed by atoms with Gasteiger partial charge in [0.25, 0.3) is 5.91 Å². The van der Waals surface area contributed by atoms with Crippen molar-refractivity contribution in [2.75, 3.05) is 12.8 Å². The molecular weight excluding hydrogens is 292 g/mol. The summed E-state index contributed by atoms with van der Waals surface area (Å²) in [6.45, 7) is 0. The molecule has 1 aliphatic rings. The van der Waals surface area contributed by atoms with E-state index in [1.807, 2.05) is 30.1 Å². The predicted octanol–water partition coefficient (Wildman–Crippen LogP) is 4.15. The van der Waals surface area contributed by atoms with E-state index in [0.717, 1.165) is 22.9 Å². The van der Waals surface area contributed by atoms with E-state index in [1.54, 1.807) is 0 Å². The molecular formula is C15H17ClN2OS. The summed E-state index contributed by atoms with van der Waals surface area (Å²) in [7, 11) is 1.88. The number of fused-ring (bicyclic) bond motifs is 1. The number of anilines is 1. The fraction of sp³-hybridized carbons (Fsp3) is 0.400. The monoisotopic (exact) mass is 308 g/mol. The van der Waals surface area contributed by atoms with Crippen LogP contribution in [0.1, 0.15) is 35.4 Å². The molecule has 0 unspecified atom stereocenters. The molecule has 1 fully saturated rings. The molecule has 0 aliphatic heterocycles. The van der Waals surface area contributed by atoms with Crippen LogP contribution in [0, 0.1) is 0 Å². The van der Waals surface area contributed by atoms with Gasteiger partial charge in [-0.3, -0.25) is 4.79 Å². The highest BCUT2D eigenvalue weighted by Crippen LogP contribution is 2.39. The van der Waals surface area contributed by atoms with Crippen molar-refractivity contribution >= 4 is 44.6 Å². The van der Waals surface area contributed by atoms with Crippen LogP contribution in [0.25, 0.3) is 10.1 Å². The zero-order valence-corrected chi connectivity index (χ0v) is 12.9. The lowest BCUT2D eigenvalue weighted by Crippen LogP contribution is -2.35.